The molecule has 0 aliphatic carbocycles. The van der Waals surface area contributed by atoms with Crippen molar-refractivity contribution < 1.29 is 9.18 Å². The molecule has 2 saturated heterocycles. The molecule has 2 atom stereocenters. The van der Waals surface area contributed by atoms with E-state index in [0.717, 1.165) is 50.5 Å². The summed E-state index contributed by atoms with van der Waals surface area (Å²) in [6.45, 7) is 8.23. The van der Waals surface area contributed by atoms with E-state index in [-0.39, 0.29) is 47.0 Å². The van der Waals surface area contributed by atoms with Crippen molar-refractivity contribution in [3.05, 3.63) is 35.6 Å². The largest absolute Gasteiger partial charge is 0.357 e. The number of halogens is 2. The Hall–Kier alpha value is -1.38. The Morgan fingerprint density at radius 3 is 2.78 bits per heavy atom. The maximum absolute atomic E-state index is 13.1. The van der Waals surface area contributed by atoms with Gasteiger partial charge in [-0.3, -0.25) is 9.79 Å². The first-order valence-electron chi connectivity index (χ1n) is 9.57. The van der Waals surface area contributed by atoms with Crippen LogP contribution in [-0.2, 0) is 4.79 Å². The lowest BCUT2D eigenvalue weighted by atomic mass is 9.79. The molecule has 1 spiro atoms. The first kappa shape index (κ1) is 21.9. The standard InChI is InChI=1S/C20H29FN4O.HI/c1-3-22-19(23-12-15(2)16-5-7-17(21)8-6-16)25-10-4-9-20(14-25)11-18(26)24-13-20;/h5-8,15H,3-4,9-14H2,1-2H3,(H,22,23)(H,24,26);1H. The van der Waals surface area contributed by atoms with Crippen molar-refractivity contribution in [1.82, 2.24) is 15.5 Å². The molecule has 150 valence electrons. The van der Waals surface area contributed by atoms with Crippen LogP contribution in [0.3, 0.4) is 0 Å². The highest BCUT2D eigenvalue weighted by atomic mass is 127. The first-order chi connectivity index (χ1) is 12.5. The second-order valence-corrected chi connectivity index (χ2v) is 7.63. The lowest BCUT2D eigenvalue weighted by Gasteiger charge is -2.40. The van der Waals surface area contributed by atoms with Crippen molar-refractivity contribution in [2.75, 3.05) is 32.7 Å². The molecule has 2 fully saturated rings. The zero-order chi connectivity index (χ0) is 18.6. The summed E-state index contributed by atoms with van der Waals surface area (Å²) >= 11 is 0. The third-order valence-electron chi connectivity index (χ3n) is 5.45. The number of carbonyl (C=O) groups excluding carboxylic acids is 1. The number of carbonyl (C=O) groups is 1. The molecule has 2 aliphatic heterocycles. The van der Waals surface area contributed by atoms with Crippen LogP contribution in [0.4, 0.5) is 4.39 Å². The van der Waals surface area contributed by atoms with Gasteiger partial charge in [-0.05, 0) is 37.5 Å². The van der Waals surface area contributed by atoms with Crippen LogP contribution in [0.15, 0.2) is 29.3 Å². The molecule has 0 bridgehead atoms. The molecule has 2 aliphatic rings. The zero-order valence-electron chi connectivity index (χ0n) is 16.1. The number of rotatable bonds is 4. The van der Waals surface area contributed by atoms with Crippen molar-refractivity contribution in [3.63, 3.8) is 0 Å². The topological polar surface area (TPSA) is 56.7 Å². The smallest absolute Gasteiger partial charge is 0.220 e. The van der Waals surface area contributed by atoms with Crippen LogP contribution in [0.25, 0.3) is 0 Å². The number of likely N-dealkylation sites (tertiary alicyclic amines) is 1. The van der Waals surface area contributed by atoms with Crippen LogP contribution < -0.4 is 10.6 Å². The Morgan fingerprint density at radius 2 is 2.15 bits per heavy atom. The van der Waals surface area contributed by atoms with Crippen molar-refractivity contribution >= 4 is 35.8 Å². The van der Waals surface area contributed by atoms with Gasteiger partial charge in [-0.1, -0.05) is 19.1 Å². The van der Waals surface area contributed by atoms with E-state index in [1.165, 1.54) is 12.1 Å². The van der Waals surface area contributed by atoms with Crippen LogP contribution >= 0.6 is 24.0 Å². The number of guanidine groups is 1. The third-order valence-corrected chi connectivity index (χ3v) is 5.45. The molecule has 7 heteroatoms. The third kappa shape index (κ3) is 5.56. The average Bonchev–Trinajstić information content (AvgIpc) is 2.98. The summed E-state index contributed by atoms with van der Waals surface area (Å²) in [5.41, 5.74) is 1.14. The molecule has 1 aromatic carbocycles. The average molecular weight is 488 g/mol. The highest BCUT2D eigenvalue weighted by Crippen LogP contribution is 2.36. The minimum Gasteiger partial charge on any atom is -0.357 e. The van der Waals surface area contributed by atoms with E-state index in [9.17, 15) is 9.18 Å². The summed E-state index contributed by atoms with van der Waals surface area (Å²) in [7, 11) is 0. The number of piperidine rings is 1. The molecule has 0 saturated carbocycles. The fraction of sp³-hybridized carbons (Fsp3) is 0.600. The van der Waals surface area contributed by atoms with E-state index >= 15 is 0 Å². The minimum atomic E-state index is -0.212. The highest BCUT2D eigenvalue weighted by Gasteiger charge is 2.42. The van der Waals surface area contributed by atoms with E-state index < -0.39 is 0 Å². The molecule has 1 amide bonds. The van der Waals surface area contributed by atoms with Gasteiger partial charge >= 0.3 is 0 Å². The molecule has 0 radical (unpaired) electrons. The van der Waals surface area contributed by atoms with Gasteiger partial charge < -0.3 is 15.5 Å². The fourth-order valence-electron chi connectivity index (χ4n) is 3.97. The minimum absolute atomic E-state index is 0. The number of nitrogens with zero attached hydrogens (tertiary/aromatic N) is 2. The van der Waals surface area contributed by atoms with Gasteiger partial charge in [0.05, 0.1) is 0 Å². The number of amides is 1. The molecule has 3 rings (SSSR count). The number of hydrogen-bond donors (Lipinski definition) is 2. The van der Waals surface area contributed by atoms with Crippen LogP contribution in [0.1, 0.15) is 44.6 Å². The molecular formula is C20H30FIN4O. The van der Waals surface area contributed by atoms with Gasteiger partial charge in [-0.2, -0.15) is 0 Å². The highest BCUT2D eigenvalue weighted by molar-refractivity contribution is 14.0. The maximum atomic E-state index is 13.1. The van der Waals surface area contributed by atoms with Crippen molar-refractivity contribution in [2.24, 2.45) is 10.4 Å². The fourth-order valence-corrected chi connectivity index (χ4v) is 3.97. The Kier molecular flexibility index (Phi) is 7.88. The normalized spacial score (nSPS) is 23.7. The van der Waals surface area contributed by atoms with E-state index in [4.69, 9.17) is 4.99 Å². The van der Waals surface area contributed by atoms with Crippen molar-refractivity contribution in [3.8, 4) is 0 Å². The summed E-state index contributed by atoms with van der Waals surface area (Å²) in [6, 6.07) is 6.65. The Bertz CT molecular complexity index is 666. The predicted octanol–water partition coefficient (Wildman–Crippen LogP) is 3.11. The van der Waals surface area contributed by atoms with E-state index in [1.807, 2.05) is 12.1 Å². The van der Waals surface area contributed by atoms with Gasteiger partial charge in [-0.15, -0.1) is 24.0 Å². The quantitative estimate of drug-likeness (QED) is 0.389. The van der Waals surface area contributed by atoms with Crippen molar-refractivity contribution in [1.29, 1.82) is 0 Å². The molecule has 27 heavy (non-hydrogen) atoms. The number of benzene rings is 1. The summed E-state index contributed by atoms with van der Waals surface area (Å²) in [5, 5.41) is 6.39. The maximum Gasteiger partial charge on any atom is 0.220 e. The molecule has 2 N–H and O–H groups in total. The van der Waals surface area contributed by atoms with Crippen LogP contribution in [0.5, 0.6) is 0 Å². The molecule has 1 aromatic rings. The second-order valence-electron chi connectivity index (χ2n) is 7.63. The zero-order valence-corrected chi connectivity index (χ0v) is 18.5. The Labute approximate surface area is 178 Å². The van der Waals surface area contributed by atoms with E-state index in [2.05, 4.69) is 29.4 Å². The van der Waals surface area contributed by atoms with E-state index in [1.54, 1.807) is 0 Å². The van der Waals surface area contributed by atoms with Crippen LogP contribution in [0.2, 0.25) is 0 Å². The SMILES string of the molecule is CCNC(=NCC(C)c1ccc(F)cc1)N1CCCC2(CNC(=O)C2)C1.I. The predicted molar refractivity (Wildman–Crippen MR) is 117 cm³/mol. The number of hydrogen-bond acceptors (Lipinski definition) is 2. The van der Waals surface area contributed by atoms with Gasteiger partial charge in [0, 0.05) is 50.5 Å². The Morgan fingerprint density at radius 1 is 1.41 bits per heavy atom. The van der Waals surface area contributed by atoms with Gasteiger partial charge in [0.2, 0.25) is 5.91 Å². The number of aliphatic imine (C=N–C) groups is 1. The van der Waals surface area contributed by atoms with Crippen LogP contribution in [0, 0.1) is 11.2 Å². The van der Waals surface area contributed by atoms with Gasteiger partial charge in [-0.25, -0.2) is 4.39 Å². The molecule has 0 aromatic heterocycles. The monoisotopic (exact) mass is 488 g/mol. The molecule has 5 nitrogen and oxygen atoms in total. The van der Waals surface area contributed by atoms with Gasteiger partial charge in [0.1, 0.15) is 5.82 Å². The summed E-state index contributed by atoms with van der Waals surface area (Å²) < 4.78 is 13.1. The van der Waals surface area contributed by atoms with Crippen LogP contribution in [-0.4, -0.2) is 49.5 Å². The summed E-state index contributed by atoms with van der Waals surface area (Å²) in [6.07, 6.45) is 2.79. The second kappa shape index (κ2) is 9.71. The molecule has 2 unspecified atom stereocenters. The molecular weight excluding hydrogens is 458 g/mol. The lowest BCUT2D eigenvalue weighted by Crippen LogP contribution is -2.51. The van der Waals surface area contributed by atoms with E-state index in [0.29, 0.717) is 13.0 Å². The first-order valence-corrected chi connectivity index (χ1v) is 9.57. The Balaban J connectivity index is 0.00000261. The summed E-state index contributed by atoms with van der Waals surface area (Å²) in [5.74, 6) is 1.09. The lowest BCUT2D eigenvalue weighted by molar-refractivity contribution is -0.119. The summed E-state index contributed by atoms with van der Waals surface area (Å²) in [4.78, 5) is 18.9. The van der Waals surface area contributed by atoms with Gasteiger partial charge in [0.25, 0.3) is 0 Å². The number of nitrogens with one attached hydrogen (secondary N) is 2. The molecule has 2 heterocycles. The van der Waals surface area contributed by atoms with Crippen molar-refractivity contribution in [2.45, 2.75) is 39.0 Å². The van der Waals surface area contributed by atoms with Gasteiger partial charge in [0.15, 0.2) is 5.96 Å².